The monoisotopic (exact) mass is 422 g/mol. The number of anilines is 2. The molecule has 5 N–H and O–H groups in total. The molecule has 0 spiro atoms. The number of hydrogen-bond acceptors (Lipinski definition) is 3. The fourth-order valence-electron chi connectivity index (χ4n) is 4.24. The van der Waals surface area contributed by atoms with Gasteiger partial charge in [-0.05, 0) is 47.7 Å². The number of nitrogens with two attached hydrogens (primary N) is 2. The second-order valence-electron chi connectivity index (χ2n) is 8.36. The standard InChI is InChI=1S/C29H30N2O/c30-25-15-12-23(13-16-25)26(18-21-8-4-1-2-5-9-21)24-14-17-28(31)27(20-24)29(32)19-22-10-6-3-7-11-22/h1-8,10-17,20,26,29,32H,9,18-19,30-31H2. The van der Waals surface area contributed by atoms with Gasteiger partial charge in [-0.3, -0.25) is 0 Å². The van der Waals surface area contributed by atoms with E-state index >= 15 is 0 Å². The van der Waals surface area contributed by atoms with Gasteiger partial charge in [-0.15, -0.1) is 0 Å². The van der Waals surface area contributed by atoms with Crippen molar-refractivity contribution in [3.8, 4) is 0 Å². The molecule has 0 radical (unpaired) electrons. The molecule has 0 saturated heterocycles. The highest BCUT2D eigenvalue weighted by Gasteiger charge is 2.20. The summed E-state index contributed by atoms with van der Waals surface area (Å²) in [4.78, 5) is 0. The van der Waals surface area contributed by atoms with Crippen molar-refractivity contribution in [1.29, 1.82) is 0 Å². The zero-order valence-electron chi connectivity index (χ0n) is 18.2. The van der Waals surface area contributed by atoms with Gasteiger partial charge in [0.15, 0.2) is 0 Å². The fourth-order valence-corrected chi connectivity index (χ4v) is 4.24. The van der Waals surface area contributed by atoms with Crippen LogP contribution in [0.1, 0.15) is 47.1 Å². The van der Waals surface area contributed by atoms with Crippen LogP contribution >= 0.6 is 0 Å². The summed E-state index contributed by atoms with van der Waals surface area (Å²) < 4.78 is 0. The van der Waals surface area contributed by atoms with E-state index in [1.807, 2.05) is 48.5 Å². The summed E-state index contributed by atoms with van der Waals surface area (Å²) in [6.45, 7) is 0. The molecule has 0 amide bonds. The maximum atomic E-state index is 11.0. The van der Waals surface area contributed by atoms with Crippen LogP contribution in [-0.2, 0) is 6.42 Å². The van der Waals surface area contributed by atoms with Crippen LogP contribution in [0.3, 0.4) is 0 Å². The van der Waals surface area contributed by atoms with Crippen molar-refractivity contribution in [2.75, 3.05) is 11.5 Å². The fraction of sp³-hybridized carbons (Fsp3) is 0.172. The molecule has 3 heteroatoms. The largest absolute Gasteiger partial charge is 0.399 e. The molecule has 162 valence electrons. The Morgan fingerprint density at radius 3 is 2.31 bits per heavy atom. The van der Waals surface area contributed by atoms with Crippen LogP contribution in [0.4, 0.5) is 11.4 Å². The molecule has 0 aromatic heterocycles. The number of rotatable bonds is 7. The molecular formula is C29H30N2O. The number of aliphatic hydroxyl groups is 1. The van der Waals surface area contributed by atoms with Crippen LogP contribution in [0.5, 0.6) is 0 Å². The first kappa shape index (κ1) is 21.7. The van der Waals surface area contributed by atoms with Crippen molar-refractivity contribution >= 4 is 11.4 Å². The van der Waals surface area contributed by atoms with E-state index in [2.05, 4.69) is 54.6 Å². The minimum atomic E-state index is -0.660. The third-order valence-electron chi connectivity index (χ3n) is 6.02. The van der Waals surface area contributed by atoms with Gasteiger partial charge in [0.1, 0.15) is 0 Å². The molecular weight excluding hydrogens is 392 g/mol. The van der Waals surface area contributed by atoms with E-state index in [-0.39, 0.29) is 5.92 Å². The minimum absolute atomic E-state index is 0.144. The van der Waals surface area contributed by atoms with Crippen molar-refractivity contribution in [1.82, 2.24) is 0 Å². The first-order valence-electron chi connectivity index (χ1n) is 11.1. The molecule has 2 atom stereocenters. The minimum Gasteiger partial charge on any atom is -0.399 e. The van der Waals surface area contributed by atoms with E-state index in [1.54, 1.807) is 0 Å². The Kier molecular flexibility index (Phi) is 6.88. The topological polar surface area (TPSA) is 72.3 Å². The highest BCUT2D eigenvalue weighted by molar-refractivity contribution is 5.53. The molecule has 4 rings (SSSR count). The van der Waals surface area contributed by atoms with E-state index in [0.717, 1.165) is 35.2 Å². The van der Waals surface area contributed by atoms with E-state index < -0.39 is 6.10 Å². The zero-order chi connectivity index (χ0) is 22.3. The van der Waals surface area contributed by atoms with Gasteiger partial charge in [0, 0.05) is 29.3 Å². The molecule has 0 aliphatic heterocycles. The molecule has 1 aliphatic carbocycles. The van der Waals surface area contributed by atoms with Gasteiger partial charge in [-0.2, -0.15) is 0 Å². The zero-order valence-corrected chi connectivity index (χ0v) is 18.2. The summed E-state index contributed by atoms with van der Waals surface area (Å²) in [6, 6.07) is 24.2. The molecule has 3 aromatic carbocycles. The Bertz CT molecular complexity index is 1130. The van der Waals surface area contributed by atoms with Gasteiger partial charge in [0.25, 0.3) is 0 Å². The molecule has 2 unspecified atom stereocenters. The van der Waals surface area contributed by atoms with Crippen LogP contribution in [0.15, 0.2) is 109 Å². The van der Waals surface area contributed by atoms with Crippen molar-refractivity contribution in [3.05, 3.63) is 131 Å². The van der Waals surface area contributed by atoms with Crippen LogP contribution in [-0.4, -0.2) is 5.11 Å². The molecule has 0 fully saturated rings. The number of hydrogen-bond donors (Lipinski definition) is 3. The smallest absolute Gasteiger partial charge is 0.0850 e. The van der Waals surface area contributed by atoms with Crippen LogP contribution in [0.25, 0.3) is 0 Å². The number of allylic oxidation sites excluding steroid dienone is 6. The van der Waals surface area contributed by atoms with Gasteiger partial charge in [0.2, 0.25) is 0 Å². The van der Waals surface area contributed by atoms with Gasteiger partial charge in [0.05, 0.1) is 6.10 Å². The van der Waals surface area contributed by atoms with Crippen LogP contribution in [0, 0.1) is 0 Å². The Balaban J connectivity index is 1.68. The Labute approximate surface area is 190 Å². The lowest BCUT2D eigenvalue weighted by molar-refractivity contribution is 0.179. The molecule has 0 heterocycles. The summed E-state index contributed by atoms with van der Waals surface area (Å²) in [7, 11) is 0. The van der Waals surface area contributed by atoms with Crippen LogP contribution < -0.4 is 11.5 Å². The first-order chi connectivity index (χ1) is 15.6. The molecule has 0 bridgehead atoms. The summed E-state index contributed by atoms with van der Waals surface area (Å²) in [5.74, 6) is 0.144. The van der Waals surface area contributed by atoms with E-state index in [9.17, 15) is 5.11 Å². The van der Waals surface area contributed by atoms with Gasteiger partial charge >= 0.3 is 0 Å². The van der Waals surface area contributed by atoms with Crippen LogP contribution in [0.2, 0.25) is 0 Å². The lowest BCUT2D eigenvalue weighted by Gasteiger charge is -2.22. The van der Waals surface area contributed by atoms with Crippen molar-refractivity contribution in [2.24, 2.45) is 0 Å². The SMILES string of the molecule is Nc1ccc(C(CC2=CC=CC=CC2)c2ccc(N)c(C(O)Cc3ccccc3)c2)cc1. The number of benzene rings is 3. The Morgan fingerprint density at radius 2 is 1.53 bits per heavy atom. The van der Waals surface area contributed by atoms with Crippen molar-refractivity contribution in [3.63, 3.8) is 0 Å². The molecule has 3 aromatic rings. The second-order valence-corrected chi connectivity index (χ2v) is 8.36. The van der Waals surface area contributed by atoms with Gasteiger partial charge in [-0.1, -0.05) is 90.6 Å². The van der Waals surface area contributed by atoms with E-state index in [4.69, 9.17) is 11.5 Å². The highest BCUT2D eigenvalue weighted by atomic mass is 16.3. The summed E-state index contributed by atoms with van der Waals surface area (Å²) >= 11 is 0. The van der Waals surface area contributed by atoms with Gasteiger partial charge in [-0.25, -0.2) is 0 Å². The number of aliphatic hydroxyl groups excluding tert-OH is 1. The first-order valence-corrected chi connectivity index (χ1v) is 11.1. The van der Waals surface area contributed by atoms with Gasteiger partial charge < -0.3 is 16.6 Å². The van der Waals surface area contributed by atoms with E-state index in [0.29, 0.717) is 12.1 Å². The normalized spacial score (nSPS) is 15.1. The maximum absolute atomic E-state index is 11.0. The van der Waals surface area contributed by atoms with Crippen molar-refractivity contribution < 1.29 is 5.11 Å². The van der Waals surface area contributed by atoms with Crippen molar-refractivity contribution in [2.45, 2.75) is 31.3 Å². The summed E-state index contributed by atoms with van der Waals surface area (Å²) in [5, 5.41) is 11.0. The average Bonchev–Trinajstić information content (AvgIpc) is 3.08. The molecule has 3 nitrogen and oxygen atoms in total. The quantitative estimate of drug-likeness (QED) is 0.403. The lowest BCUT2D eigenvalue weighted by Crippen LogP contribution is -2.09. The summed E-state index contributed by atoms with van der Waals surface area (Å²) in [6.07, 6.45) is 12.3. The lowest BCUT2D eigenvalue weighted by atomic mass is 9.83. The third-order valence-corrected chi connectivity index (χ3v) is 6.02. The molecule has 32 heavy (non-hydrogen) atoms. The second kappa shape index (κ2) is 10.2. The molecule has 0 saturated carbocycles. The Morgan fingerprint density at radius 1 is 0.781 bits per heavy atom. The molecule has 1 aliphatic rings. The Hall–Kier alpha value is -3.56. The highest BCUT2D eigenvalue weighted by Crippen LogP contribution is 2.36. The summed E-state index contributed by atoms with van der Waals surface area (Å²) in [5.41, 5.74) is 19.2. The van der Waals surface area contributed by atoms with E-state index in [1.165, 1.54) is 11.1 Å². The maximum Gasteiger partial charge on any atom is 0.0850 e. The average molecular weight is 423 g/mol. The number of nitrogen functional groups attached to an aromatic ring is 2. The predicted molar refractivity (Wildman–Crippen MR) is 134 cm³/mol. The third kappa shape index (κ3) is 5.37. The predicted octanol–water partition coefficient (Wildman–Crippen LogP) is 6.09.